The summed E-state index contributed by atoms with van der Waals surface area (Å²) in [6, 6.07) is 25.2. The molecular weight excluding hydrogens is 424 g/mol. The van der Waals surface area contributed by atoms with E-state index in [2.05, 4.69) is 5.32 Å². The fraction of sp³-hybridized carbons (Fsp3) is 0.310. The highest BCUT2D eigenvalue weighted by atomic mass is 16.5. The van der Waals surface area contributed by atoms with Gasteiger partial charge in [0.2, 0.25) is 11.8 Å². The Morgan fingerprint density at radius 2 is 1.47 bits per heavy atom. The Hall–Kier alpha value is -3.60. The lowest BCUT2D eigenvalue weighted by Gasteiger charge is -2.31. The van der Waals surface area contributed by atoms with Gasteiger partial charge in [0, 0.05) is 26.4 Å². The van der Waals surface area contributed by atoms with Gasteiger partial charge in [0.25, 0.3) is 0 Å². The predicted molar refractivity (Wildman–Crippen MR) is 136 cm³/mol. The first-order valence-electron chi connectivity index (χ1n) is 11.8. The molecular formula is C29H34N2O3. The molecule has 178 valence electrons. The van der Waals surface area contributed by atoms with Crippen LogP contribution in [0.4, 0.5) is 0 Å². The van der Waals surface area contributed by atoms with Crippen LogP contribution in [0.5, 0.6) is 5.75 Å². The maximum Gasteiger partial charge on any atom is 0.242 e. The highest BCUT2D eigenvalue weighted by Gasteiger charge is 2.29. The molecule has 0 aromatic heterocycles. The van der Waals surface area contributed by atoms with Gasteiger partial charge in [-0.05, 0) is 43.5 Å². The Bertz CT molecular complexity index is 1050. The van der Waals surface area contributed by atoms with E-state index in [0.29, 0.717) is 32.4 Å². The maximum atomic E-state index is 13.4. The summed E-state index contributed by atoms with van der Waals surface area (Å²) in [6.07, 6.45) is 1.33. The zero-order chi connectivity index (χ0) is 24.3. The number of amides is 2. The number of ether oxygens (including phenoxy) is 1. The van der Waals surface area contributed by atoms with Crippen LogP contribution in [0.15, 0.2) is 78.9 Å². The van der Waals surface area contributed by atoms with Crippen molar-refractivity contribution in [3.63, 3.8) is 0 Å². The van der Waals surface area contributed by atoms with Crippen molar-refractivity contribution in [2.24, 2.45) is 0 Å². The molecule has 0 aliphatic carbocycles. The molecule has 0 saturated carbocycles. The average Bonchev–Trinajstić information content (AvgIpc) is 2.86. The third-order valence-electron chi connectivity index (χ3n) is 5.82. The second-order valence-corrected chi connectivity index (χ2v) is 8.59. The van der Waals surface area contributed by atoms with Crippen molar-refractivity contribution in [2.75, 3.05) is 13.7 Å². The first-order valence-corrected chi connectivity index (χ1v) is 11.8. The van der Waals surface area contributed by atoms with Crippen molar-refractivity contribution in [2.45, 2.75) is 45.7 Å². The molecule has 1 N–H and O–H groups in total. The van der Waals surface area contributed by atoms with Crippen molar-refractivity contribution in [3.8, 4) is 5.75 Å². The summed E-state index contributed by atoms with van der Waals surface area (Å²) >= 11 is 0. The SMILES string of the molecule is CNC(=O)C(Cc1ccccc1)N(Cc1ccc(C)cc1)C(=O)CCCOc1ccc(C)cc1. The van der Waals surface area contributed by atoms with Gasteiger partial charge >= 0.3 is 0 Å². The minimum Gasteiger partial charge on any atom is -0.494 e. The summed E-state index contributed by atoms with van der Waals surface area (Å²) in [7, 11) is 1.62. The van der Waals surface area contributed by atoms with E-state index in [0.717, 1.165) is 22.4 Å². The number of hydrogen-bond donors (Lipinski definition) is 1. The van der Waals surface area contributed by atoms with E-state index in [1.807, 2.05) is 92.7 Å². The lowest BCUT2D eigenvalue weighted by atomic mass is 10.0. The zero-order valence-corrected chi connectivity index (χ0v) is 20.3. The molecule has 1 atom stereocenters. The van der Waals surface area contributed by atoms with Crippen molar-refractivity contribution >= 4 is 11.8 Å². The van der Waals surface area contributed by atoms with Gasteiger partial charge in [-0.1, -0.05) is 77.9 Å². The molecule has 0 spiro atoms. The van der Waals surface area contributed by atoms with Crippen molar-refractivity contribution in [1.29, 1.82) is 0 Å². The quantitative estimate of drug-likeness (QED) is 0.418. The molecule has 3 aromatic rings. The number of hydrogen-bond acceptors (Lipinski definition) is 3. The molecule has 0 saturated heterocycles. The van der Waals surface area contributed by atoms with Gasteiger partial charge in [0.1, 0.15) is 11.8 Å². The topological polar surface area (TPSA) is 58.6 Å². The second kappa shape index (κ2) is 12.6. The van der Waals surface area contributed by atoms with Crippen LogP contribution in [0.3, 0.4) is 0 Å². The van der Waals surface area contributed by atoms with Crippen LogP contribution in [0.1, 0.15) is 35.1 Å². The number of rotatable bonds is 11. The maximum absolute atomic E-state index is 13.4. The molecule has 3 rings (SSSR count). The van der Waals surface area contributed by atoms with Crippen LogP contribution in [-0.4, -0.2) is 36.4 Å². The Morgan fingerprint density at radius 1 is 0.853 bits per heavy atom. The van der Waals surface area contributed by atoms with Gasteiger partial charge in [-0.2, -0.15) is 0 Å². The van der Waals surface area contributed by atoms with Gasteiger partial charge in [0.05, 0.1) is 6.61 Å². The van der Waals surface area contributed by atoms with E-state index < -0.39 is 6.04 Å². The first kappa shape index (κ1) is 25.0. The summed E-state index contributed by atoms with van der Waals surface area (Å²) in [4.78, 5) is 28.0. The molecule has 0 aliphatic rings. The number of aryl methyl sites for hydroxylation is 2. The average molecular weight is 459 g/mol. The third kappa shape index (κ3) is 7.48. The van der Waals surface area contributed by atoms with E-state index in [9.17, 15) is 9.59 Å². The number of carbonyl (C=O) groups is 2. The van der Waals surface area contributed by atoms with Crippen LogP contribution in [0.25, 0.3) is 0 Å². The van der Waals surface area contributed by atoms with Crippen molar-refractivity contribution < 1.29 is 14.3 Å². The number of likely N-dealkylation sites (N-methyl/N-ethyl adjacent to an activating group) is 1. The second-order valence-electron chi connectivity index (χ2n) is 8.59. The Balaban J connectivity index is 1.73. The Kier molecular flexibility index (Phi) is 9.27. The first-order chi connectivity index (χ1) is 16.5. The molecule has 1 unspecified atom stereocenters. The number of carbonyl (C=O) groups excluding carboxylic acids is 2. The normalized spacial score (nSPS) is 11.5. The summed E-state index contributed by atoms with van der Waals surface area (Å²) in [5.41, 5.74) is 4.34. The molecule has 5 heteroatoms. The smallest absolute Gasteiger partial charge is 0.242 e. The fourth-order valence-electron chi connectivity index (χ4n) is 3.80. The summed E-state index contributed by atoms with van der Waals surface area (Å²) < 4.78 is 5.80. The van der Waals surface area contributed by atoms with Gasteiger partial charge in [-0.15, -0.1) is 0 Å². The van der Waals surface area contributed by atoms with E-state index in [1.165, 1.54) is 5.56 Å². The van der Waals surface area contributed by atoms with Gasteiger partial charge < -0.3 is 15.0 Å². The summed E-state index contributed by atoms with van der Waals surface area (Å²) in [5, 5.41) is 2.75. The van der Waals surface area contributed by atoms with E-state index >= 15 is 0 Å². The highest BCUT2D eigenvalue weighted by molar-refractivity contribution is 5.87. The number of nitrogens with one attached hydrogen (secondary N) is 1. The molecule has 34 heavy (non-hydrogen) atoms. The molecule has 0 heterocycles. The molecule has 3 aromatic carbocycles. The predicted octanol–water partition coefficient (Wildman–Crippen LogP) is 4.85. The van der Waals surface area contributed by atoms with Crippen LogP contribution in [-0.2, 0) is 22.6 Å². The van der Waals surface area contributed by atoms with Gasteiger partial charge in [-0.3, -0.25) is 9.59 Å². The summed E-state index contributed by atoms with van der Waals surface area (Å²) in [5.74, 6) is 0.569. The monoisotopic (exact) mass is 458 g/mol. The van der Waals surface area contributed by atoms with E-state index in [-0.39, 0.29) is 11.8 Å². The molecule has 5 nitrogen and oxygen atoms in total. The summed E-state index contributed by atoms with van der Waals surface area (Å²) in [6.45, 7) is 4.88. The Labute approximate surface area is 202 Å². The molecule has 2 amide bonds. The van der Waals surface area contributed by atoms with E-state index in [1.54, 1.807) is 11.9 Å². The van der Waals surface area contributed by atoms with Crippen LogP contribution in [0.2, 0.25) is 0 Å². The third-order valence-corrected chi connectivity index (χ3v) is 5.82. The largest absolute Gasteiger partial charge is 0.494 e. The van der Waals surface area contributed by atoms with Gasteiger partial charge in [-0.25, -0.2) is 0 Å². The number of benzene rings is 3. The zero-order valence-electron chi connectivity index (χ0n) is 20.3. The van der Waals surface area contributed by atoms with Crippen molar-refractivity contribution in [1.82, 2.24) is 10.2 Å². The highest BCUT2D eigenvalue weighted by Crippen LogP contribution is 2.17. The van der Waals surface area contributed by atoms with Crippen LogP contribution >= 0.6 is 0 Å². The lowest BCUT2D eigenvalue weighted by Crippen LogP contribution is -2.49. The van der Waals surface area contributed by atoms with Gasteiger partial charge in [0.15, 0.2) is 0 Å². The molecule has 0 fully saturated rings. The minimum absolute atomic E-state index is 0.0578. The standard InChI is InChI=1S/C29H34N2O3/c1-22-11-15-25(16-12-22)21-31(27(29(33)30-3)20-24-8-5-4-6-9-24)28(32)10-7-19-34-26-17-13-23(2)14-18-26/h4-6,8-9,11-18,27H,7,10,19-21H2,1-3H3,(H,30,33). The molecule has 0 bridgehead atoms. The molecule has 0 aliphatic heterocycles. The Morgan fingerprint density at radius 3 is 2.09 bits per heavy atom. The number of nitrogens with zero attached hydrogens (tertiary/aromatic N) is 1. The lowest BCUT2D eigenvalue weighted by molar-refractivity contribution is -0.141. The fourth-order valence-corrected chi connectivity index (χ4v) is 3.80. The van der Waals surface area contributed by atoms with Crippen molar-refractivity contribution in [3.05, 3.63) is 101 Å². The van der Waals surface area contributed by atoms with E-state index in [4.69, 9.17) is 4.74 Å². The molecule has 0 radical (unpaired) electrons. The van der Waals surface area contributed by atoms with Crippen LogP contribution in [0, 0.1) is 13.8 Å². The van der Waals surface area contributed by atoms with Crippen LogP contribution < -0.4 is 10.1 Å². The minimum atomic E-state index is -0.598.